The Hall–Kier alpha value is -5.09. The monoisotopic (exact) mass is 955 g/mol. The minimum atomic E-state index is -0.542. The third-order valence-electron chi connectivity index (χ3n) is 11.6. The fourth-order valence-electron chi connectivity index (χ4n) is 7.94. The van der Waals surface area contributed by atoms with Crippen LogP contribution in [-0.2, 0) is 4.74 Å². The number of hydrogen-bond acceptors (Lipinski definition) is 15. The van der Waals surface area contributed by atoms with E-state index in [1.165, 1.54) is 0 Å². The van der Waals surface area contributed by atoms with Gasteiger partial charge in [-0.3, -0.25) is 9.80 Å². The Kier molecular flexibility index (Phi) is 42.0. The maximum absolute atomic E-state index is 12.2. The zero-order valence-electron chi connectivity index (χ0n) is 42.9. The number of nitrogens with one attached hydrogen (secondary N) is 1. The van der Waals surface area contributed by atoms with E-state index in [0.717, 1.165) is 136 Å². The van der Waals surface area contributed by atoms with Gasteiger partial charge in [0.15, 0.2) is 0 Å². The van der Waals surface area contributed by atoms with E-state index in [1.54, 1.807) is 0 Å². The Labute approximate surface area is 418 Å². The van der Waals surface area contributed by atoms with Gasteiger partial charge in [-0.1, -0.05) is 12.8 Å². The van der Waals surface area contributed by atoms with Crippen molar-refractivity contribution in [1.82, 2.24) is 39.6 Å². The van der Waals surface area contributed by atoms with Crippen molar-refractivity contribution < 1.29 is 9.53 Å². The van der Waals surface area contributed by atoms with E-state index >= 15 is 0 Å². The van der Waals surface area contributed by atoms with Crippen molar-refractivity contribution in [3.8, 4) is 36.4 Å². The lowest BCUT2D eigenvalue weighted by Gasteiger charge is -2.32. The molecule has 0 unspecified atom stereocenters. The highest BCUT2D eigenvalue weighted by Crippen LogP contribution is 2.09. The Morgan fingerprint density at radius 3 is 0.957 bits per heavy atom. The number of carbonyl (C=O) groups excluding carboxylic acids is 1. The van der Waals surface area contributed by atoms with E-state index in [4.69, 9.17) is 17.9 Å². The average molecular weight is 955 g/mol. The molecule has 18 heteroatoms. The van der Waals surface area contributed by atoms with Gasteiger partial charge in [-0.25, -0.2) is 17.9 Å². The summed E-state index contributed by atoms with van der Waals surface area (Å²) in [6.45, 7) is 37.8. The van der Waals surface area contributed by atoms with Gasteiger partial charge in [-0.15, -0.1) is 0 Å². The topological polar surface area (TPSA) is 212 Å². The lowest BCUT2D eigenvalue weighted by atomic mass is 10.2. The van der Waals surface area contributed by atoms with E-state index in [0.29, 0.717) is 111 Å². The number of carbonyl (C=O) groups is 1. The minimum absolute atomic E-state index is 0.395. The molecule has 1 N–H and O–H groups in total. The Bertz CT molecular complexity index is 1390. The van der Waals surface area contributed by atoms with Crippen LogP contribution in [0.25, 0.3) is 9.69 Å². The van der Waals surface area contributed by atoms with Gasteiger partial charge in [0.05, 0.1) is 49.5 Å². The van der Waals surface area contributed by atoms with Crippen LogP contribution in [0.4, 0.5) is 4.79 Å². The molecule has 0 saturated carbocycles. The van der Waals surface area contributed by atoms with Crippen LogP contribution in [0.5, 0.6) is 0 Å². The Morgan fingerprint density at radius 2 is 0.667 bits per heavy atom. The number of nitriles is 6. The van der Waals surface area contributed by atoms with Crippen molar-refractivity contribution >= 4 is 6.09 Å². The summed E-state index contributed by atoms with van der Waals surface area (Å²) in [5.41, 5.74) is -0.542. The molecule has 0 aromatic carbocycles. The van der Waals surface area contributed by atoms with Gasteiger partial charge >= 0.3 is 6.09 Å². The maximum atomic E-state index is 12.2. The number of alkyl carbamates (subject to hydrolysis) is 1. The summed E-state index contributed by atoms with van der Waals surface area (Å²) >= 11 is 0. The first-order valence-corrected chi connectivity index (χ1v) is 25.4. The molecule has 69 heavy (non-hydrogen) atoms. The van der Waals surface area contributed by atoms with E-state index in [-0.39, 0.29) is 0 Å². The van der Waals surface area contributed by atoms with Gasteiger partial charge in [-0.2, -0.15) is 31.6 Å². The third kappa shape index (κ3) is 40.5. The lowest BCUT2D eigenvalue weighted by Crippen LogP contribution is -2.42. The normalized spacial score (nSPS) is 11.3. The quantitative estimate of drug-likeness (QED) is 0.0542. The summed E-state index contributed by atoms with van der Waals surface area (Å²) in [7, 11) is 0. The highest BCUT2D eigenvalue weighted by Gasteiger charge is 2.18. The molecule has 382 valence electrons. The molecule has 0 aliphatic heterocycles. The maximum Gasteiger partial charge on any atom is 0.407 e. The van der Waals surface area contributed by atoms with Gasteiger partial charge in [0.2, 0.25) is 13.1 Å². The van der Waals surface area contributed by atoms with Gasteiger partial charge in [0.25, 0.3) is 0 Å². The smallest absolute Gasteiger partial charge is 0.407 e. The molecule has 0 aromatic rings. The van der Waals surface area contributed by atoms with Crippen molar-refractivity contribution in [2.75, 3.05) is 157 Å². The van der Waals surface area contributed by atoms with Crippen LogP contribution < -0.4 is 5.32 Å². The molecule has 0 aromatic heterocycles. The molecule has 0 saturated heterocycles. The van der Waals surface area contributed by atoms with Gasteiger partial charge < -0.3 is 44.2 Å². The van der Waals surface area contributed by atoms with Gasteiger partial charge in [-0.05, 0) is 118 Å². The second-order valence-electron chi connectivity index (χ2n) is 18.4. The van der Waals surface area contributed by atoms with Crippen molar-refractivity contribution in [3.63, 3.8) is 0 Å². The zero-order valence-corrected chi connectivity index (χ0v) is 42.9. The number of amides is 1. The third-order valence-corrected chi connectivity index (χ3v) is 11.6. The predicted octanol–water partition coefficient (Wildman–Crippen LogP) is 6.07. The standard InChI is InChI=1S/C51H86N16O2/c1-51(2,3)69-50(68)60-26-8-6-7-9-29-67(48-46-65(40-16-36-61(30-10-20-52)31-11-21-53)42-18-38-63(34-14-24-56)44-27-58-4)49-47-66(41-17-37-62(32-12-22-54)33-13-23-55)43-19-39-64(35-15-25-57)45-28-59-5/h6-19,26-49H2,1-3H3,(H,60,68). The minimum Gasteiger partial charge on any atom is -0.444 e. The van der Waals surface area contributed by atoms with E-state index in [9.17, 15) is 36.4 Å². The molecule has 0 aliphatic carbocycles. The summed E-state index contributed by atoms with van der Waals surface area (Å²) in [5, 5.41) is 58.4. The summed E-state index contributed by atoms with van der Waals surface area (Å²) in [6.07, 6.45) is 9.65. The second-order valence-corrected chi connectivity index (χ2v) is 18.4. The van der Waals surface area contributed by atoms with Crippen LogP contribution in [0.15, 0.2) is 0 Å². The zero-order chi connectivity index (χ0) is 51.1. The predicted molar refractivity (Wildman–Crippen MR) is 271 cm³/mol. The van der Waals surface area contributed by atoms with Crippen LogP contribution in [0, 0.1) is 81.1 Å². The number of unbranched alkanes of at least 4 members (excludes halogenated alkanes) is 3. The van der Waals surface area contributed by atoms with Crippen molar-refractivity contribution in [3.05, 3.63) is 22.8 Å². The Morgan fingerprint density at radius 1 is 0.406 bits per heavy atom. The molecule has 0 rings (SSSR count). The van der Waals surface area contributed by atoms with Crippen molar-refractivity contribution in [2.45, 2.75) is 116 Å². The Balaban J connectivity index is 6.30. The largest absolute Gasteiger partial charge is 0.444 e. The lowest BCUT2D eigenvalue weighted by molar-refractivity contribution is 0.0527. The number of nitrogens with zero attached hydrogens (tertiary/aromatic N) is 15. The molecular weight excluding hydrogens is 869 g/mol. The first-order chi connectivity index (χ1) is 33.5. The van der Waals surface area contributed by atoms with Crippen LogP contribution >= 0.6 is 0 Å². The van der Waals surface area contributed by atoms with Crippen LogP contribution in [0.2, 0.25) is 0 Å². The van der Waals surface area contributed by atoms with Crippen LogP contribution in [-0.4, -0.2) is 203 Å². The van der Waals surface area contributed by atoms with Crippen LogP contribution in [0.1, 0.15) is 111 Å². The first-order valence-electron chi connectivity index (χ1n) is 25.4. The molecule has 0 heterocycles. The van der Waals surface area contributed by atoms with Gasteiger partial charge in [0, 0.05) is 111 Å². The fourth-order valence-corrected chi connectivity index (χ4v) is 7.94. The summed E-state index contributed by atoms with van der Waals surface area (Å²) in [4.78, 5) is 35.7. The summed E-state index contributed by atoms with van der Waals surface area (Å²) in [6, 6.07) is 13.5. The van der Waals surface area contributed by atoms with Crippen molar-refractivity contribution in [1.29, 1.82) is 31.6 Å². The number of hydrogen-bond donors (Lipinski definition) is 1. The SMILES string of the molecule is [C-]#[N+]CCN(CCC#N)CCCN(CCCN(CCC#N)CCC#N)CCN(CCCCCCNC(=O)OC(C)(C)C)CCN(CCCN(CCC#N)CCC#N)CCCN(CCC#N)CC[N+]#[C-]. The molecular formula is C51H86N16O2. The van der Waals surface area contributed by atoms with Crippen LogP contribution in [0.3, 0.4) is 0 Å². The molecule has 0 radical (unpaired) electrons. The highest BCUT2D eigenvalue weighted by molar-refractivity contribution is 5.67. The number of rotatable bonds is 45. The molecule has 0 bridgehead atoms. The molecule has 0 atom stereocenters. The van der Waals surface area contributed by atoms with Gasteiger partial charge in [0.1, 0.15) is 5.60 Å². The van der Waals surface area contributed by atoms with E-state index in [1.807, 2.05) is 20.8 Å². The molecule has 1 amide bonds. The average Bonchev–Trinajstić information content (AvgIpc) is 3.33. The molecule has 0 spiro atoms. The second kappa shape index (κ2) is 45.4. The summed E-state index contributed by atoms with van der Waals surface area (Å²) in [5.74, 6) is 0. The highest BCUT2D eigenvalue weighted by atomic mass is 16.6. The fraction of sp³-hybridized carbons (Fsp3) is 0.824. The molecule has 0 aliphatic rings. The first kappa shape index (κ1) is 63.9. The number of ether oxygens (including phenoxy) is 1. The summed E-state index contributed by atoms with van der Waals surface area (Å²) < 4.78 is 5.39. The van der Waals surface area contributed by atoms with Crippen molar-refractivity contribution in [2.24, 2.45) is 0 Å². The molecule has 0 fully saturated rings. The van der Waals surface area contributed by atoms with E-state index < -0.39 is 11.7 Å². The van der Waals surface area contributed by atoms with E-state index in [2.05, 4.69) is 85.7 Å². The molecule has 18 nitrogen and oxygen atoms in total.